The summed E-state index contributed by atoms with van der Waals surface area (Å²) in [6, 6.07) is 0. The minimum Gasteiger partial charge on any atom is -0.379 e. The van der Waals surface area contributed by atoms with Gasteiger partial charge in [0.05, 0.1) is 10.2 Å². The molecule has 3 aliphatic heterocycles. The smallest absolute Gasteiger partial charge is 0.186 e. The first-order valence-electron chi connectivity index (χ1n) is 11.8. The Morgan fingerprint density at radius 1 is 0.967 bits per heavy atom. The molecule has 0 aliphatic carbocycles. The average molecular weight is 463 g/mol. The highest BCUT2D eigenvalue weighted by Gasteiger charge is 2.58. The Bertz CT molecular complexity index is 512. The molecule has 30 heavy (non-hydrogen) atoms. The van der Waals surface area contributed by atoms with Crippen molar-refractivity contribution in [2.75, 3.05) is 25.7 Å². The summed E-state index contributed by atoms with van der Waals surface area (Å²) in [7, 11) is 3.48. The molecule has 0 saturated carbocycles. The van der Waals surface area contributed by atoms with Gasteiger partial charge in [-0.05, 0) is 38.2 Å². The van der Waals surface area contributed by atoms with E-state index in [1.54, 1.807) is 14.2 Å². The van der Waals surface area contributed by atoms with Crippen molar-refractivity contribution in [2.45, 2.75) is 119 Å². The van der Waals surface area contributed by atoms with Crippen LogP contribution in [0.5, 0.6) is 0 Å². The molecular weight excluding hydrogens is 420 g/mol. The Hall–Kier alpha value is 0.500. The molecule has 0 bridgehead atoms. The van der Waals surface area contributed by atoms with Crippen LogP contribution in [0.2, 0.25) is 0 Å². The van der Waals surface area contributed by atoms with Crippen molar-refractivity contribution in [1.82, 2.24) is 0 Å². The quantitative estimate of drug-likeness (QED) is 0.350. The minimum absolute atomic E-state index is 0.0339. The lowest BCUT2D eigenvalue weighted by molar-refractivity contribution is -0.238. The number of fused-ring (bicyclic) bond motifs is 1. The van der Waals surface area contributed by atoms with Crippen molar-refractivity contribution in [3.63, 3.8) is 0 Å². The third-order valence-electron chi connectivity index (χ3n) is 6.39. The number of rotatable bonds is 12. The van der Waals surface area contributed by atoms with E-state index in [9.17, 15) is 0 Å². The maximum Gasteiger partial charge on any atom is 0.186 e. The molecule has 0 amide bonds. The van der Waals surface area contributed by atoms with E-state index in [-0.39, 0.29) is 28.5 Å². The Morgan fingerprint density at radius 2 is 1.63 bits per heavy atom. The van der Waals surface area contributed by atoms with Crippen molar-refractivity contribution < 1.29 is 23.7 Å². The molecule has 0 aromatic heterocycles. The van der Waals surface area contributed by atoms with Gasteiger partial charge in [0.1, 0.15) is 18.3 Å². The number of unbranched alkanes of at least 4 members (excludes halogenated alkanes) is 5. The van der Waals surface area contributed by atoms with Crippen LogP contribution in [0, 0.1) is 0 Å². The third-order valence-corrected chi connectivity index (χ3v) is 9.88. The fourth-order valence-corrected chi connectivity index (χ4v) is 8.36. The van der Waals surface area contributed by atoms with Gasteiger partial charge in [-0.3, -0.25) is 0 Å². The van der Waals surface area contributed by atoms with E-state index in [2.05, 4.69) is 30.4 Å². The Labute approximate surface area is 192 Å². The van der Waals surface area contributed by atoms with E-state index >= 15 is 0 Å². The van der Waals surface area contributed by atoms with Gasteiger partial charge in [-0.2, -0.15) is 0 Å². The van der Waals surface area contributed by atoms with E-state index in [0.717, 1.165) is 6.42 Å². The zero-order valence-corrected chi connectivity index (χ0v) is 21.2. The van der Waals surface area contributed by atoms with Gasteiger partial charge < -0.3 is 23.7 Å². The molecule has 5 nitrogen and oxygen atoms in total. The summed E-state index contributed by atoms with van der Waals surface area (Å²) in [5.41, 5.74) is 0. The summed E-state index contributed by atoms with van der Waals surface area (Å²) < 4.78 is 30.4. The topological polar surface area (TPSA) is 46.2 Å². The van der Waals surface area contributed by atoms with Crippen LogP contribution in [0.15, 0.2) is 0 Å². The van der Waals surface area contributed by atoms with Gasteiger partial charge in [-0.15, -0.1) is 23.5 Å². The molecule has 3 heterocycles. The predicted molar refractivity (Wildman–Crippen MR) is 125 cm³/mol. The van der Waals surface area contributed by atoms with Crippen LogP contribution in [0.1, 0.15) is 78.6 Å². The second-order valence-electron chi connectivity index (χ2n) is 9.23. The van der Waals surface area contributed by atoms with E-state index in [1.165, 1.54) is 62.9 Å². The highest BCUT2D eigenvalue weighted by molar-refractivity contribution is 8.18. The SMILES string of the molecule is CCCCCCCCC1(C[C@@H](OC)[C@H]2O[C@H](OC)[C@H]3OC(C)(C)O[C@H]32)SCCCS1. The third kappa shape index (κ3) is 6.30. The molecule has 0 radical (unpaired) electrons. The van der Waals surface area contributed by atoms with Crippen LogP contribution in [-0.2, 0) is 23.7 Å². The van der Waals surface area contributed by atoms with Crippen molar-refractivity contribution in [3.05, 3.63) is 0 Å². The molecule has 7 heteroatoms. The maximum atomic E-state index is 6.26. The first kappa shape index (κ1) is 25.1. The summed E-state index contributed by atoms with van der Waals surface area (Å²) in [6.45, 7) is 6.20. The second kappa shape index (κ2) is 11.6. The normalized spacial score (nSPS) is 33.5. The van der Waals surface area contributed by atoms with Crippen LogP contribution in [0.25, 0.3) is 0 Å². The molecule has 176 valence electrons. The zero-order chi connectivity index (χ0) is 21.6. The van der Waals surface area contributed by atoms with Crippen LogP contribution in [0.4, 0.5) is 0 Å². The fraction of sp³-hybridized carbons (Fsp3) is 1.00. The van der Waals surface area contributed by atoms with Crippen molar-refractivity contribution in [2.24, 2.45) is 0 Å². The highest BCUT2D eigenvalue weighted by Crippen LogP contribution is 2.51. The lowest BCUT2D eigenvalue weighted by atomic mass is 9.98. The minimum atomic E-state index is -0.614. The molecule has 0 spiro atoms. The predicted octanol–water partition coefficient (Wildman–Crippen LogP) is 5.60. The van der Waals surface area contributed by atoms with E-state index < -0.39 is 12.1 Å². The molecule has 0 N–H and O–H groups in total. The lowest BCUT2D eigenvalue weighted by Gasteiger charge is -2.40. The summed E-state index contributed by atoms with van der Waals surface area (Å²) in [5.74, 6) is 1.87. The summed E-state index contributed by atoms with van der Waals surface area (Å²) in [4.78, 5) is 0. The van der Waals surface area contributed by atoms with Gasteiger partial charge in [-0.1, -0.05) is 45.4 Å². The van der Waals surface area contributed by atoms with Crippen molar-refractivity contribution in [1.29, 1.82) is 0 Å². The second-order valence-corrected chi connectivity index (χ2v) is 12.4. The van der Waals surface area contributed by atoms with Gasteiger partial charge in [0.2, 0.25) is 0 Å². The lowest BCUT2D eigenvalue weighted by Crippen LogP contribution is -2.43. The zero-order valence-electron chi connectivity index (χ0n) is 19.5. The van der Waals surface area contributed by atoms with Gasteiger partial charge in [0, 0.05) is 20.6 Å². The van der Waals surface area contributed by atoms with Crippen molar-refractivity contribution in [3.8, 4) is 0 Å². The largest absolute Gasteiger partial charge is 0.379 e. The Morgan fingerprint density at radius 3 is 2.30 bits per heavy atom. The standard InChI is InChI=1S/C23H42O5S2/c1-6-7-8-9-10-11-13-23(29-14-12-15-30-23)16-17(24-4)18-19-20(21(25-5)26-18)28-22(2,3)27-19/h17-21H,6-16H2,1-5H3/t17-,18-,19+,20+,21+/m1/s1. The molecule has 0 aromatic carbocycles. The molecule has 3 aliphatic rings. The van der Waals surface area contributed by atoms with Gasteiger partial charge >= 0.3 is 0 Å². The molecule has 3 saturated heterocycles. The van der Waals surface area contributed by atoms with Gasteiger partial charge in [0.15, 0.2) is 12.1 Å². The fourth-order valence-electron chi connectivity index (χ4n) is 4.88. The van der Waals surface area contributed by atoms with Gasteiger partial charge in [-0.25, -0.2) is 0 Å². The summed E-state index contributed by atoms with van der Waals surface area (Å²) in [5, 5.41) is 0. The van der Waals surface area contributed by atoms with E-state index in [1.807, 2.05) is 13.8 Å². The number of methoxy groups -OCH3 is 2. The van der Waals surface area contributed by atoms with E-state index in [0.29, 0.717) is 0 Å². The van der Waals surface area contributed by atoms with Crippen LogP contribution >= 0.6 is 23.5 Å². The maximum absolute atomic E-state index is 6.26. The van der Waals surface area contributed by atoms with E-state index in [4.69, 9.17) is 23.7 Å². The molecular formula is C23H42O5S2. The molecule has 0 unspecified atom stereocenters. The first-order valence-corrected chi connectivity index (χ1v) is 13.8. The molecule has 0 aromatic rings. The number of ether oxygens (including phenoxy) is 5. The van der Waals surface area contributed by atoms with Crippen LogP contribution < -0.4 is 0 Å². The summed E-state index contributed by atoms with van der Waals surface area (Å²) in [6.07, 6.45) is 10.6. The average Bonchev–Trinajstić information content (AvgIpc) is 3.22. The number of hydrogen-bond donors (Lipinski definition) is 0. The number of thioether (sulfide) groups is 2. The Kier molecular flexibility index (Phi) is 9.69. The molecule has 5 atom stereocenters. The summed E-state index contributed by atoms with van der Waals surface area (Å²) >= 11 is 4.27. The highest BCUT2D eigenvalue weighted by atomic mass is 32.2. The molecule has 3 fully saturated rings. The van der Waals surface area contributed by atoms with Gasteiger partial charge in [0.25, 0.3) is 0 Å². The van der Waals surface area contributed by atoms with Crippen LogP contribution in [0.3, 0.4) is 0 Å². The molecule has 3 rings (SSSR count). The number of hydrogen-bond acceptors (Lipinski definition) is 7. The van der Waals surface area contributed by atoms with Crippen LogP contribution in [-0.4, -0.2) is 66.3 Å². The van der Waals surface area contributed by atoms with Crippen molar-refractivity contribution >= 4 is 23.5 Å². The monoisotopic (exact) mass is 462 g/mol. The Balaban J connectivity index is 1.63. The first-order chi connectivity index (χ1) is 14.4.